The third-order valence-electron chi connectivity index (χ3n) is 7.89. The molecule has 0 unspecified atom stereocenters. The molecule has 0 saturated heterocycles. The largest absolute Gasteiger partial charge is 0.491 e. The molecule has 1 N–H and O–H groups in total. The van der Waals surface area contributed by atoms with Gasteiger partial charge in [-0.1, -0.05) is 83.5 Å². The Bertz CT molecular complexity index is 913. The minimum Gasteiger partial charge on any atom is -0.491 e. The molecule has 0 heterocycles. The van der Waals surface area contributed by atoms with Crippen LogP contribution in [0.3, 0.4) is 0 Å². The number of benzene rings is 2. The second-order valence-electron chi connectivity index (χ2n) is 13.3. The average Bonchev–Trinajstić information content (AvgIpc) is 2.84. The van der Waals surface area contributed by atoms with Crippen LogP contribution in [0.4, 0.5) is 0 Å². The summed E-state index contributed by atoms with van der Waals surface area (Å²) in [6, 6.07) is 19.8. The van der Waals surface area contributed by atoms with Crippen molar-refractivity contribution in [1.82, 2.24) is 0 Å². The maximum absolute atomic E-state index is 10.9. The fourth-order valence-electron chi connectivity index (χ4n) is 6.45. The zero-order valence-electron chi connectivity index (χ0n) is 24.3. The highest BCUT2D eigenvalue weighted by Crippen LogP contribution is 2.36. The van der Waals surface area contributed by atoms with E-state index in [1.807, 2.05) is 0 Å². The molecule has 0 spiro atoms. The van der Waals surface area contributed by atoms with Gasteiger partial charge in [0.1, 0.15) is 31.5 Å². The van der Waals surface area contributed by atoms with Gasteiger partial charge in [-0.2, -0.15) is 0 Å². The number of quaternary nitrogens is 1. The highest BCUT2D eigenvalue weighted by molar-refractivity contribution is 5.31. The summed E-state index contributed by atoms with van der Waals surface area (Å²) < 4.78 is 12.6. The highest BCUT2D eigenvalue weighted by Gasteiger charge is 2.36. The first-order valence-electron chi connectivity index (χ1n) is 14.3. The molecule has 1 saturated carbocycles. The maximum Gasteiger partial charge on any atom is 0.126 e. The van der Waals surface area contributed by atoms with E-state index in [4.69, 9.17) is 9.47 Å². The van der Waals surface area contributed by atoms with E-state index in [1.54, 1.807) is 0 Å². The summed E-state index contributed by atoms with van der Waals surface area (Å²) in [4.78, 5) is 0. The number of nitrogens with zero attached hydrogens (tertiary/aromatic N) is 1. The Hall–Kier alpha value is -1.88. The van der Waals surface area contributed by atoms with Crippen LogP contribution in [0.5, 0.6) is 5.75 Å². The van der Waals surface area contributed by atoms with Gasteiger partial charge in [-0.05, 0) is 60.6 Å². The van der Waals surface area contributed by atoms with Crippen molar-refractivity contribution < 1.29 is 19.1 Å². The number of ether oxygens (including phenoxy) is 2. The lowest BCUT2D eigenvalue weighted by atomic mass is 9.72. The number of hydrogen-bond acceptors (Lipinski definition) is 3. The fraction of sp³-hybridized carbons (Fsp3) is 0.636. The van der Waals surface area contributed by atoms with Gasteiger partial charge in [0.15, 0.2) is 0 Å². The smallest absolute Gasteiger partial charge is 0.126 e. The van der Waals surface area contributed by atoms with E-state index in [0.29, 0.717) is 32.4 Å². The van der Waals surface area contributed by atoms with Gasteiger partial charge in [0.25, 0.3) is 0 Å². The van der Waals surface area contributed by atoms with Gasteiger partial charge in [0, 0.05) is 5.56 Å². The van der Waals surface area contributed by atoms with E-state index in [1.165, 1.54) is 43.2 Å². The molecule has 4 heteroatoms. The monoisotopic (exact) mass is 510 g/mol. The molecular weight excluding hydrogens is 458 g/mol. The Morgan fingerprint density at radius 3 is 2.16 bits per heavy atom. The predicted molar refractivity (Wildman–Crippen MR) is 154 cm³/mol. The number of aliphatic hydroxyl groups excluding tert-OH is 1. The van der Waals surface area contributed by atoms with Crippen LogP contribution in [0.25, 0.3) is 0 Å². The molecule has 0 aromatic heterocycles. The van der Waals surface area contributed by atoms with Gasteiger partial charge in [0.2, 0.25) is 0 Å². The van der Waals surface area contributed by atoms with Gasteiger partial charge >= 0.3 is 0 Å². The second-order valence-corrected chi connectivity index (χ2v) is 13.3. The first-order chi connectivity index (χ1) is 17.5. The van der Waals surface area contributed by atoms with Gasteiger partial charge in [-0.15, -0.1) is 0 Å². The molecule has 0 aliphatic heterocycles. The van der Waals surface area contributed by atoms with Gasteiger partial charge < -0.3 is 19.1 Å². The van der Waals surface area contributed by atoms with Crippen molar-refractivity contribution in [3.8, 4) is 5.75 Å². The van der Waals surface area contributed by atoms with Crippen molar-refractivity contribution in [2.45, 2.75) is 97.2 Å². The van der Waals surface area contributed by atoms with Crippen LogP contribution < -0.4 is 4.74 Å². The summed E-state index contributed by atoms with van der Waals surface area (Å²) in [5.74, 6) is 0.865. The summed E-state index contributed by atoms with van der Waals surface area (Å²) in [6.07, 6.45) is 7.07. The summed E-state index contributed by atoms with van der Waals surface area (Å²) >= 11 is 0. The number of likely N-dealkylation sites (N-methyl/N-ethyl adjacent to an activating group) is 1. The molecule has 3 rings (SSSR count). The van der Waals surface area contributed by atoms with Crippen LogP contribution in [0.15, 0.2) is 54.6 Å². The number of rotatable bonds is 13. The second kappa shape index (κ2) is 13.3. The van der Waals surface area contributed by atoms with Gasteiger partial charge in [0.05, 0.1) is 26.3 Å². The Morgan fingerprint density at radius 2 is 1.54 bits per heavy atom. The van der Waals surface area contributed by atoms with Crippen molar-refractivity contribution in [2.75, 3.05) is 33.4 Å². The molecule has 1 aliphatic rings. The van der Waals surface area contributed by atoms with E-state index in [0.717, 1.165) is 23.2 Å². The van der Waals surface area contributed by atoms with Gasteiger partial charge in [-0.25, -0.2) is 0 Å². The van der Waals surface area contributed by atoms with Crippen molar-refractivity contribution >= 4 is 0 Å². The third-order valence-corrected chi connectivity index (χ3v) is 7.89. The minimum atomic E-state index is -0.486. The van der Waals surface area contributed by atoms with E-state index >= 15 is 0 Å². The maximum atomic E-state index is 10.9. The molecule has 1 fully saturated rings. The first kappa shape index (κ1) is 29.7. The van der Waals surface area contributed by atoms with Crippen molar-refractivity contribution in [1.29, 1.82) is 0 Å². The summed E-state index contributed by atoms with van der Waals surface area (Å²) in [5, 5.41) is 10.9. The highest BCUT2D eigenvalue weighted by atomic mass is 16.5. The fourth-order valence-corrected chi connectivity index (χ4v) is 6.45. The zero-order chi connectivity index (χ0) is 26.9. The van der Waals surface area contributed by atoms with Crippen LogP contribution in [-0.4, -0.2) is 55.1 Å². The third kappa shape index (κ3) is 9.74. The lowest BCUT2D eigenvalue weighted by molar-refractivity contribution is -0.950. The molecule has 2 atom stereocenters. The van der Waals surface area contributed by atoms with Crippen LogP contribution in [-0.2, 0) is 16.7 Å². The standard InChI is InChI=1S/C33H52NO3/c1-32(2,3)26-33(4,5)28-17-19-31(20-18-28)37-22-21-36-25-30(35)24-34(6,29-15-11-8-12-16-29)23-27-13-9-7-10-14-27/h7,9-10,13-14,17-20,29-30,35H,8,11-12,15-16,21-26H2,1-6H3/q+1/t30-,34+/m1/s1. The lowest BCUT2D eigenvalue weighted by Crippen LogP contribution is -2.56. The molecular formula is C33H52NO3+. The topological polar surface area (TPSA) is 38.7 Å². The molecule has 2 aromatic rings. The predicted octanol–water partition coefficient (Wildman–Crippen LogP) is 7.14. The van der Waals surface area contributed by atoms with E-state index in [-0.39, 0.29) is 10.8 Å². The Labute approximate surface area is 226 Å². The quantitative estimate of drug-likeness (QED) is 0.230. The van der Waals surface area contributed by atoms with E-state index in [2.05, 4.69) is 96.3 Å². The number of hydrogen-bond donors (Lipinski definition) is 1. The molecule has 206 valence electrons. The van der Waals surface area contributed by atoms with E-state index in [9.17, 15) is 5.11 Å². The molecule has 37 heavy (non-hydrogen) atoms. The average molecular weight is 511 g/mol. The first-order valence-corrected chi connectivity index (χ1v) is 14.3. The van der Waals surface area contributed by atoms with Crippen LogP contribution in [0, 0.1) is 5.41 Å². The van der Waals surface area contributed by atoms with Gasteiger partial charge in [-0.3, -0.25) is 0 Å². The molecule has 0 bridgehead atoms. The van der Waals surface area contributed by atoms with Crippen LogP contribution >= 0.6 is 0 Å². The Morgan fingerprint density at radius 1 is 0.892 bits per heavy atom. The summed E-state index contributed by atoms with van der Waals surface area (Å²) in [6.45, 7) is 14.5. The van der Waals surface area contributed by atoms with Crippen molar-refractivity contribution in [2.24, 2.45) is 5.41 Å². The summed E-state index contributed by atoms with van der Waals surface area (Å²) in [7, 11) is 2.32. The van der Waals surface area contributed by atoms with E-state index < -0.39 is 6.10 Å². The minimum absolute atomic E-state index is 0.126. The molecule has 2 aromatic carbocycles. The molecule has 1 aliphatic carbocycles. The van der Waals surface area contributed by atoms with Crippen LogP contribution in [0.2, 0.25) is 0 Å². The lowest BCUT2D eigenvalue weighted by Gasteiger charge is -2.44. The summed E-state index contributed by atoms with van der Waals surface area (Å²) in [5.41, 5.74) is 3.09. The van der Waals surface area contributed by atoms with Crippen molar-refractivity contribution in [3.63, 3.8) is 0 Å². The molecule has 4 nitrogen and oxygen atoms in total. The molecule has 0 radical (unpaired) electrons. The number of aliphatic hydroxyl groups is 1. The zero-order valence-corrected chi connectivity index (χ0v) is 24.3. The van der Waals surface area contributed by atoms with Crippen molar-refractivity contribution in [3.05, 3.63) is 65.7 Å². The SMILES string of the molecule is CC(C)(C)CC(C)(C)c1ccc(OCCOC[C@H](O)C[N@+](C)(Cc2ccccc2)C2CCCCC2)cc1. The Kier molecular flexibility index (Phi) is 10.6. The molecule has 0 amide bonds. The van der Waals surface area contributed by atoms with Crippen LogP contribution in [0.1, 0.15) is 84.3 Å². The normalized spacial score (nSPS) is 17.8. The Balaban J connectivity index is 1.44.